The number of aromatic nitrogens is 1. The molecule has 1 aromatic heterocycles. The van der Waals surface area contributed by atoms with Gasteiger partial charge < -0.3 is 4.98 Å². The number of para-hydroxylation sites is 1. The molecule has 1 heteroatoms. The molecule has 38 heavy (non-hydrogen) atoms. The first kappa shape index (κ1) is 20.2. The highest BCUT2D eigenvalue weighted by Crippen LogP contribution is 2.59. The van der Waals surface area contributed by atoms with Crippen molar-refractivity contribution in [2.24, 2.45) is 0 Å². The van der Waals surface area contributed by atoms with Crippen molar-refractivity contribution in [1.82, 2.24) is 4.98 Å². The van der Waals surface area contributed by atoms with Gasteiger partial charge in [0.1, 0.15) is 0 Å². The van der Waals surface area contributed by atoms with Crippen molar-refractivity contribution in [1.29, 1.82) is 0 Å². The Balaban J connectivity index is 1.68. The van der Waals surface area contributed by atoms with Gasteiger partial charge in [0.05, 0.1) is 5.41 Å². The molecule has 0 saturated carbocycles. The minimum absolute atomic E-state index is 0.440. The number of aromatic amines is 1. The molecule has 0 radical (unpaired) electrons. The van der Waals surface area contributed by atoms with Crippen molar-refractivity contribution in [3.05, 3.63) is 156 Å². The second-order valence-corrected chi connectivity index (χ2v) is 10.5. The Kier molecular flexibility index (Phi) is 3.78. The normalized spacial score (nSPS) is 14.0. The van der Waals surface area contributed by atoms with Crippen molar-refractivity contribution >= 4 is 54.1 Å². The molecule has 1 nitrogen and oxygen atoms in total. The third-order valence-corrected chi connectivity index (χ3v) is 8.81. The molecule has 1 heterocycles. The number of H-pyrrole nitrogens is 1. The van der Waals surface area contributed by atoms with Crippen LogP contribution in [0.4, 0.5) is 0 Å². The Hall–Kier alpha value is -4.88. The lowest BCUT2D eigenvalue weighted by atomic mass is 9.66. The van der Waals surface area contributed by atoms with Crippen molar-refractivity contribution in [3.8, 4) is 0 Å². The van der Waals surface area contributed by atoms with Crippen LogP contribution in [0.15, 0.2) is 133 Å². The summed E-state index contributed by atoms with van der Waals surface area (Å²) >= 11 is 0. The van der Waals surface area contributed by atoms with Crippen molar-refractivity contribution in [3.63, 3.8) is 0 Å². The average Bonchev–Trinajstić information content (AvgIpc) is 3.51. The molecule has 1 aliphatic rings. The first-order valence-corrected chi connectivity index (χ1v) is 13.3. The zero-order valence-corrected chi connectivity index (χ0v) is 20.7. The van der Waals surface area contributed by atoms with Gasteiger partial charge in [0.2, 0.25) is 0 Å². The fraction of sp³-hybridized carbons (Fsp3) is 0.0270. The maximum atomic E-state index is 3.80. The molecule has 0 bridgehead atoms. The van der Waals surface area contributed by atoms with Crippen LogP contribution in [0.2, 0.25) is 0 Å². The number of nitrogens with one attached hydrogen (secondary N) is 1. The topological polar surface area (TPSA) is 15.8 Å². The standard InChI is InChI=1S/C37H23N/c1-3-12-23(13-4-1)37(24-14-5-2-6-15-24)30-20-11-19-27-25-16-7-8-17-26(25)29-22-32-34(36(37)35(29)33(27)30)28-18-9-10-21-31(28)38-32/h1-22,38H. The third-order valence-electron chi connectivity index (χ3n) is 8.81. The highest BCUT2D eigenvalue weighted by atomic mass is 14.7. The Morgan fingerprint density at radius 2 is 0.974 bits per heavy atom. The van der Waals surface area contributed by atoms with E-state index in [9.17, 15) is 0 Å². The molecule has 0 spiro atoms. The van der Waals surface area contributed by atoms with E-state index in [1.165, 1.54) is 76.4 Å². The van der Waals surface area contributed by atoms with Gasteiger partial charge in [-0.05, 0) is 66.7 Å². The van der Waals surface area contributed by atoms with Gasteiger partial charge >= 0.3 is 0 Å². The molecular formula is C37H23N. The van der Waals surface area contributed by atoms with E-state index in [-0.39, 0.29) is 0 Å². The molecule has 0 unspecified atom stereocenters. The molecule has 0 aliphatic heterocycles. The lowest BCUT2D eigenvalue weighted by Crippen LogP contribution is -2.29. The first-order chi connectivity index (χ1) is 18.9. The fourth-order valence-electron chi connectivity index (χ4n) is 7.45. The molecule has 0 saturated heterocycles. The number of fused-ring (bicyclic) bond motifs is 7. The molecule has 176 valence electrons. The van der Waals surface area contributed by atoms with Gasteiger partial charge in [-0.2, -0.15) is 0 Å². The number of hydrogen-bond acceptors (Lipinski definition) is 0. The Morgan fingerprint density at radius 3 is 1.68 bits per heavy atom. The van der Waals surface area contributed by atoms with Crippen molar-refractivity contribution in [2.75, 3.05) is 0 Å². The molecule has 1 N–H and O–H groups in total. The summed E-state index contributed by atoms with van der Waals surface area (Å²) < 4.78 is 0. The van der Waals surface area contributed by atoms with Gasteiger partial charge in [-0.25, -0.2) is 0 Å². The van der Waals surface area contributed by atoms with Gasteiger partial charge in [0.25, 0.3) is 0 Å². The van der Waals surface area contributed by atoms with Crippen LogP contribution < -0.4 is 0 Å². The predicted molar refractivity (Wildman–Crippen MR) is 160 cm³/mol. The van der Waals surface area contributed by atoms with Gasteiger partial charge in [0, 0.05) is 21.8 Å². The van der Waals surface area contributed by atoms with Crippen LogP contribution in [0.1, 0.15) is 22.3 Å². The molecule has 9 rings (SSSR count). The van der Waals surface area contributed by atoms with Crippen molar-refractivity contribution in [2.45, 2.75) is 5.41 Å². The molecule has 7 aromatic carbocycles. The number of benzene rings is 7. The summed E-state index contributed by atoms with van der Waals surface area (Å²) in [6.07, 6.45) is 0. The van der Waals surface area contributed by atoms with E-state index in [1.54, 1.807) is 0 Å². The Labute approximate surface area is 220 Å². The molecule has 1 aliphatic carbocycles. The quantitative estimate of drug-likeness (QED) is 0.237. The second-order valence-electron chi connectivity index (χ2n) is 10.5. The highest BCUT2D eigenvalue weighted by molar-refractivity contribution is 6.33. The molecule has 0 fully saturated rings. The van der Waals surface area contributed by atoms with E-state index >= 15 is 0 Å². The lowest BCUT2D eigenvalue weighted by Gasteiger charge is -2.34. The SMILES string of the molecule is c1ccc(C2(c3ccccc3)c3cccc4c5ccccc5c5cc6[nH]c7ccccc7c6c2c5c34)cc1. The molecule has 0 amide bonds. The summed E-state index contributed by atoms with van der Waals surface area (Å²) in [7, 11) is 0. The predicted octanol–water partition coefficient (Wildman–Crippen LogP) is 9.48. The molecule has 0 atom stereocenters. The van der Waals surface area contributed by atoms with Crippen LogP contribution in [0.5, 0.6) is 0 Å². The van der Waals surface area contributed by atoms with E-state index in [1.807, 2.05) is 0 Å². The third kappa shape index (κ3) is 2.29. The van der Waals surface area contributed by atoms with Gasteiger partial charge in [0.15, 0.2) is 0 Å². The zero-order chi connectivity index (χ0) is 24.8. The largest absolute Gasteiger partial charge is 0.354 e. The minimum Gasteiger partial charge on any atom is -0.354 e. The monoisotopic (exact) mass is 481 g/mol. The summed E-state index contributed by atoms with van der Waals surface area (Å²) in [6.45, 7) is 0. The van der Waals surface area contributed by atoms with Gasteiger partial charge in [-0.1, -0.05) is 121 Å². The fourth-order valence-corrected chi connectivity index (χ4v) is 7.45. The van der Waals surface area contributed by atoms with E-state index in [0.29, 0.717) is 0 Å². The second kappa shape index (κ2) is 7.12. The van der Waals surface area contributed by atoms with E-state index in [0.717, 1.165) is 0 Å². The Morgan fingerprint density at radius 1 is 0.395 bits per heavy atom. The van der Waals surface area contributed by atoms with Crippen LogP contribution in [-0.2, 0) is 5.41 Å². The van der Waals surface area contributed by atoms with E-state index < -0.39 is 5.41 Å². The smallest absolute Gasteiger partial charge is 0.0720 e. The minimum atomic E-state index is -0.440. The van der Waals surface area contributed by atoms with E-state index in [2.05, 4.69) is 138 Å². The van der Waals surface area contributed by atoms with Crippen LogP contribution in [-0.4, -0.2) is 4.98 Å². The summed E-state index contributed by atoms with van der Waals surface area (Å²) in [4.78, 5) is 3.80. The number of rotatable bonds is 2. The highest BCUT2D eigenvalue weighted by Gasteiger charge is 2.46. The van der Waals surface area contributed by atoms with Crippen LogP contribution in [0.3, 0.4) is 0 Å². The average molecular weight is 482 g/mol. The van der Waals surface area contributed by atoms with Gasteiger partial charge in [-0.3, -0.25) is 0 Å². The number of hydrogen-bond donors (Lipinski definition) is 1. The van der Waals surface area contributed by atoms with Crippen LogP contribution in [0, 0.1) is 0 Å². The maximum Gasteiger partial charge on any atom is 0.0720 e. The first-order valence-electron chi connectivity index (χ1n) is 13.3. The Bertz CT molecular complexity index is 2180. The molecule has 8 aromatic rings. The van der Waals surface area contributed by atoms with Crippen molar-refractivity contribution < 1.29 is 0 Å². The molecular weight excluding hydrogens is 458 g/mol. The summed E-state index contributed by atoms with van der Waals surface area (Å²) in [5, 5.41) is 10.7. The van der Waals surface area contributed by atoms with Gasteiger partial charge in [-0.15, -0.1) is 0 Å². The van der Waals surface area contributed by atoms with E-state index in [4.69, 9.17) is 0 Å². The zero-order valence-electron chi connectivity index (χ0n) is 20.7. The lowest BCUT2D eigenvalue weighted by molar-refractivity contribution is 0.779. The summed E-state index contributed by atoms with van der Waals surface area (Å²) in [5.74, 6) is 0. The summed E-state index contributed by atoms with van der Waals surface area (Å²) in [5.41, 5.74) is 7.32. The van der Waals surface area contributed by atoms with Crippen LogP contribution in [0.25, 0.3) is 54.1 Å². The van der Waals surface area contributed by atoms with Crippen LogP contribution >= 0.6 is 0 Å². The maximum absolute atomic E-state index is 3.80. The summed E-state index contributed by atoms with van der Waals surface area (Å²) in [6, 6.07) is 49.3.